The number of carbonyl (C=O) groups is 2. The predicted octanol–water partition coefficient (Wildman–Crippen LogP) is 1.59. The molecule has 2 amide bonds. The normalized spacial score (nSPS) is 13.2. The van der Waals surface area contributed by atoms with Crippen LogP contribution in [0.1, 0.15) is 31.9 Å². The van der Waals surface area contributed by atoms with Crippen LogP contribution in [0, 0.1) is 0 Å². The van der Waals surface area contributed by atoms with E-state index in [0.717, 1.165) is 0 Å². The van der Waals surface area contributed by atoms with Crippen molar-refractivity contribution in [1.29, 1.82) is 0 Å². The highest BCUT2D eigenvalue weighted by Crippen LogP contribution is 2.52. The van der Waals surface area contributed by atoms with Gasteiger partial charge in [0.1, 0.15) is 12.2 Å². The fourth-order valence-corrected chi connectivity index (χ4v) is 1.94. The third-order valence-electron chi connectivity index (χ3n) is 3.09. The Bertz CT molecular complexity index is 651. The molecule has 1 aromatic rings. The lowest BCUT2D eigenvalue weighted by atomic mass is 9.94. The average molecular weight is 376 g/mol. The van der Waals surface area contributed by atoms with Gasteiger partial charge in [-0.1, -0.05) is 0 Å². The average Bonchev–Trinajstić information content (AvgIpc) is 2.77. The standard InChI is InChI=1S/C12H14F6N4O3/c1-5(2)22-9(21-8(24)3-7(19)23)6(4-20-22)10(25,11(13,14)15)12(16,17)18/h4-5,25H,3H2,1-2H3,(H2,19,23)(H,21,24). The van der Waals surface area contributed by atoms with Gasteiger partial charge in [-0.25, -0.2) is 4.68 Å². The van der Waals surface area contributed by atoms with Gasteiger partial charge < -0.3 is 16.2 Å². The zero-order valence-electron chi connectivity index (χ0n) is 12.9. The number of aromatic nitrogens is 2. The van der Waals surface area contributed by atoms with Crippen LogP contribution in [-0.2, 0) is 15.2 Å². The number of halogens is 6. The zero-order valence-corrected chi connectivity index (χ0v) is 12.9. The molecule has 0 aliphatic rings. The number of hydrogen-bond donors (Lipinski definition) is 3. The Hall–Kier alpha value is -2.31. The van der Waals surface area contributed by atoms with Crippen molar-refractivity contribution in [2.75, 3.05) is 5.32 Å². The van der Waals surface area contributed by atoms with Gasteiger partial charge in [0.2, 0.25) is 11.8 Å². The summed E-state index contributed by atoms with van der Waals surface area (Å²) in [5.74, 6) is -3.46. The van der Waals surface area contributed by atoms with Gasteiger partial charge in [-0.05, 0) is 13.8 Å². The maximum atomic E-state index is 13.0. The highest BCUT2D eigenvalue weighted by atomic mass is 19.4. The molecule has 0 aliphatic heterocycles. The van der Waals surface area contributed by atoms with Gasteiger partial charge >= 0.3 is 12.4 Å². The van der Waals surface area contributed by atoms with Crippen molar-refractivity contribution >= 4 is 17.6 Å². The summed E-state index contributed by atoms with van der Waals surface area (Å²) < 4.78 is 78.8. The minimum Gasteiger partial charge on any atom is -0.369 e. The Balaban J connectivity index is 3.59. The zero-order chi connectivity index (χ0) is 19.8. The molecule has 0 aliphatic carbocycles. The van der Waals surface area contributed by atoms with Crippen molar-refractivity contribution < 1.29 is 41.0 Å². The summed E-state index contributed by atoms with van der Waals surface area (Å²) in [5, 5.41) is 14.6. The molecule has 0 spiro atoms. The van der Waals surface area contributed by atoms with E-state index < -0.39 is 53.6 Å². The van der Waals surface area contributed by atoms with Gasteiger partial charge in [-0.2, -0.15) is 31.4 Å². The number of nitrogens with one attached hydrogen (secondary N) is 1. The topological polar surface area (TPSA) is 110 Å². The number of aliphatic hydroxyl groups is 1. The molecule has 0 saturated carbocycles. The quantitative estimate of drug-likeness (QED) is 0.535. The second-order valence-electron chi connectivity index (χ2n) is 5.34. The fraction of sp³-hybridized carbons (Fsp3) is 0.583. The molecule has 0 bridgehead atoms. The number of nitrogens with two attached hydrogens (primary N) is 1. The lowest BCUT2D eigenvalue weighted by Crippen LogP contribution is -2.54. The monoisotopic (exact) mass is 376 g/mol. The molecule has 142 valence electrons. The van der Waals surface area contributed by atoms with Crippen molar-refractivity contribution in [3.63, 3.8) is 0 Å². The van der Waals surface area contributed by atoms with E-state index in [4.69, 9.17) is 5.73 Å². The van der Waals surface area contributed by atoms with Crippen LogP contribution in [0.4, 0.5) is 32.2 Å². The predicted molar refractivity (Wildman–Crippen MR) is 71.1 cm³/mol. The first kappa shape index (κ1) is 20.7. The SMILES string of the molecule is CC(C)n1ncc(C(O)(C(F)(F)F)C(F)(F)F)c1NC(=O)CC(N)=O. The maximum Gasteiger partial charge on any atom is 0.430 e. The van der Waals surface area contributed by atoms with E-state index in [1.54, 1.807) is 5.32 Å². The summed E-state index contributed by atoms with van der Waals surface area (Å²) in [4.78, 5) is 22.3. The Labute approximate surface area is 136 Å². The summed E-state index contributed by atoms with van der Waals surface area (Å²) in [7, 11) is 0. The van der Waals surface area contributed by atoms with Gasteiger partial charge in [-0.15, -0.1) is 0 Å². The first-order valence-corrected chi connectivity index (χ1v) is 6.64. The molecule has 7 nitrogen and oxygen atoms in total. The molecule has 1 heterocycles. The molecule has 1 aromatic heterocycles. The number of primary amides is 1. The number of rotatable bonds is 5. The molecule has 0 radical (unpaired) electrons. The molecule has 0 aromatic carbocycles. The van der Waals surface area contributed by atoms with Gasteiger partial charge in [0.05, 0.1) is 11.8 Å². The van der Waals surface area contributed by atoms with E-state index in [1.165, 1.54) is 13.8 Å². The Morgan fingerprint density at radius 1 is 1.24 bits per heavy atom. The first-order chi connectivity index (χ1) is 11.1. The van der Waals surface area contributed by atoms with E-state index in [1.807, 2.05) is 0 Å². The lowest BCUT2D eigenvalue weighted by Gasteiger charge is -2.32. The molecule has 4 N–H and O–H groups in total. The fourth-order valence-electron chi connectivity index (χ4n) is 1.94. The highest BCUT2D eigenvalue weighted by Gasteiger charge is 2.72. The van der Waals surface area contributed by atoms with Crippen LogP contribution in [0.2, 0.25) is 0 Å². The van der Waals surface area contributed by atoms with Crippen LogP contribution in [0.25, 0.3) is 0 Å². The Kier molecular flexibility index (Phi) is 5.42. The van der Waals surface area contributed by atoms with E-state index in [-0.39, 0.29) is 6.20 Å². The molecule has 0 fully saturated rings. The van der Waals surface area contributed by atoms with Crippen LogP contribution in [0.15, 0.2) is 6.20 Å². The van der Waals surface area contributed by atoms with Gasteiger partial charge in [0.25, 0.3) is 5.60 Å². The third kappa shape index (κ3) is 3.86. The van der Waals surface area contributed by atoms with E-state index >= 15 is 0 Å². The molecule has 0 unspecified atom stereocenters. The molecular weight excluding hydrogens is 362 g/mol. The number of anilines is 1. The smallest absolute Gasteiger partial charge is 0.369 e. The molecule has 25 heavy (non-hydrogen) atoms. The van der Waals surface area contributed by atoms with E-state index in [9.17, 15) is 41.0 Å². The van der Waals surface area contributed by atoms with Crippen molar-refractivity contribution in [3.8, 4) is 0 Å². The molecule has 1 rings (SSSR count). The van der Waals surface area contributed by atoms with Gasteiger partial charge in [-0.3, -0.25) is 9.59 Å². The Morgan fingerprint density at radius 3 is 2.08 bits per heavy atom. The largest absolute Gasteiger partial charge is 0.430 e. The summed E-state index contributed by atoms with van der Waals surface area (Å²) >= 11 is 0. The first-order valence-electron chi connectivity index (χ1n) is 6.64. The van der Waals surface area contributed by atoms with Crippen LogP contribution in [0.5, 0.6) is 0 Å². The molecule has 13 heteroatoms. The Morgan fingerprint density at radius 2 is 1.72 bits per heavy atom. The van der Waals surface area contributed by atoms with Gasteiger partial charge in [0, 0.05) is 6.04 Å². The number of nitrogens with zero attached hydrogens (tertiary/aromatic N) is 2. The van der Waals surface area contributed by atoms with Crippen molar-refractivity contribution in [2.24, 2.45) is 5.73 Å². The summed E-state index contributed by atoms with van der Waals surface area (Å²) in [6.45, 7) is 2.72. The highest BCUT2D eigenvalue weighted by molar-refractivity contribution is 6.03. The molecule has 0 atom stereocenters. The third-order valence-corrected chi connectivity index (χ3v) is 3.09. The molecule has 0 saturated heterocycles. The minimum atomic E-state index is -6.15. The number of hydrogen-bond acceptors (Lipinski definition) is 4. The summed E-state index contributed by atoms with van der Waals surface area (Å²) in [5.41, 5.74) is -2.25. The van der Waals surface area contributed by atoms with Crippen molar-refractivity contribution in [2.45, 2.75) is 44.3 Å². The second kappa shape index (κ2) is 6.54. The number of amides is 2. The minimum absolute atomic E-state index is 0.154. The van der Waals surface area contributed by atoms with Crippen molar-refractivity contribution in [1.82, 2.24) is 9.78 Å². The maximum absolute atomic E-state index is 13.0. The summed E-state index contributed by atoms with van der Waals surface area (Å²) in [6.07, 6.45) is -13.1. The second-order valence-corrected chi connectivity index (χ2v) is 5.34. The number of alkyl halides is 6. The van der Waals surface area contributed by atoms with Crippen molar-refractivity contribution in [3.05, 3.63) is 11.8 Å². The molecular formula is C12H14F6N4O3. The van der Waals surface area contributed by atoms with E-state index in [2.05, 4.69) is 5.10 Å². The van der Waals surface area contributed by atoms with Crippen LogP contribution < -0.4 is 11.1 Å². The summed E-state index contributed by atoms with van der Waals surface area (Å²) in [6, 6.07) is -0.775. The van der Waals surface area contributed by atoms with Crippen LogP contribution in [-0.4, -0.2) is 39.1 Å². The van der Waals surface area contributed by atoms with Crippen LogP contribution in [0.3, 0.4) is 0 Å². The lowest BCUT2D eigenvalue weighted by molar-refractivity contribution is -0.376. The van der Waals surface area contributed by atoms with Gasteiger partial charge in [0.15, 0.2) is 0 Å². The van der Waals surface area contributed by atoms with Crippen LogP contribution >= 0.6 is 0 Å². The number of carbonyl (C=O) groups excluding carboxylic acids is 2. The van der Waals surface area contributed by atoms with E-state index in [0.29, 0.717) is 4.68 Å².